The zero-order valence-corrected chi connectivity index (χ0v) is 50.5. The average molecular weight is 1140 g/mol. The summed E-state index contributed by atoms with van der Waals surface area (Å²) in [6.07, 6.45) is 0.791. The van der Waals surface area contributed by atoms with E-state index in [4.69, 9.17) is 4.74 Å². The highest BCUT2D eigenvalue weighted by Gasteiger charge is 2.48. The van der Waals surface area contributed by atoms with Crippen molar-refractivity contribution in [2.75, 3.05) is 46.7 Å². The number of esters is 1. The van der Waals surface area contributed by atoms with Gasteiger partial charge in [-0.05, 0) is 74.8 Å². The topological polar surface area (TPSA) is 252 Å². The van der Waals surface area contributed by atoms with Gasteiger partial charge >= 0.3 is 5.97 Å². The normalized spacial score (nSPS) is 26.3. The summed E-state index contributed by atoms with van der Waals surface area (Å²) in [7, 11) is 4.12. The lowest BCUT2D eigenvalue weighted by Crippen LogP contribution is -2.62. The molecule has 2 heterocycles. The minimum atomic E-state index is -1.99. The van der Waals surface area contributed by atoms with Crippen molar-refractivity contribution in [3.63, 3.8) is 0 Å². The Morgan fingerprint density at radius 1 is 0.637 bits per heavy atom. The quantitative estimate of drug-likeness (QED) is 0.199. The van der Waals surface area contributed by atoms with Gasteiger partial charge in [0.1, 0.15) is 42.3 Å². The maximum absolute atomic E-state index is 15.3. The van der Waals surface area contributed by atoms with Crippen molar-refractivity contribution in [1.29, 1.82) is 0 Å². The first-order chi connectivity index (χ1) is 37.4. The van der Waals surface area contributed by atoms with Gasteiger partial charge in [-0.3, -0.25) is 42.6 Å². The monoisotopic (exact) mass is 1130 g/mol. The molecule has 0 saturated carbocycles. The Morgan fingerprint density at radius 2 is 1.11 bits per heavy atom. The second-order valence-electron chi connectivity index (χ2n) is 23.4. The lowest BCUT2D eigenvalue weighted by Gasteiger charge is -2.39. The van der Waals surface area contributed by atoms with Gasteiger partial charge < -0.3 is 50.3 Å². The van der Waals surface area contributed by atoms with Crippen LogP contribution in [0.4, 0.5) is 0 Å². The van der Waals surface area contributed by atoms with Gasteiger partial charge in [0.15, 0.2) is 12.1 Å². The first-order valence-electron chi connectivity index (χ1n) is 28.0. The SMILES string of the molecule is CCC(C)C1OC(=O)C(C(C)(C)O)N(C)C(=O)C(CC(C)C)NC(=O)C(C(C)C)N(C)C(=O)C(CCS(C)=O)NC(=O)C2CCCN2C(=O)C(Cc2ccccc2)N(C)C(=O)C(Cc2ccccc2)NC(=O)C(C(C)C)N(C)C1=O. The molecular weight excluding hydrogens is 1040 g/mol. The molecule has 0 spiro atoms. The Labute approximate surface area is 476 Å². The van der Waals surface area contributed by atoms with E-state index in [-0.39, 0.29) is 50.3 Å². The summed E-state index contributed by atoms with van der Waals surface area (Å²) in [5.74, 6) is -8.75. The number of rotatable bonds is 14. The van der Waals surface area contributed by atoms with E-state index in [1.165, 1.54) is 67.9 Å². The van der Waals surface area contributed by atoms with E-state index < -0.39 is 142 Å². The highest BCUT2D eigenvalue weighted by atomic mass is 32.2. The van der Waals surface area contributed by atoms with Crippen LogP contribution < -0.4 is 16.0 Å². The van der Waals surface area contributed by atoms with E-state index >= 15 is 9.59 Å². The summed E-state index contributed by atoms with van der Waals surface area (Å²) >= 11 is 0. The smallest absolute Gasteiger partial charge is 0.332 e. The van der Waals surface area contributed by atoms with E-state index in [9.17, 15) is 42.9 Å². The third-order valence-electron chi connectivity index (χ3n) is 15.3. The molecule has 20 nitrogen and oxygen atoms in total. The summed E-state index contributed by atoms with van der Waals surface area (Å²) in [5, 5.41) is 20.3. The summed E-state index contributed by atoms with van der Waals surface area (Å²) in [5.41, 5.74) is -0.618. The Balaban J connectivity index is 1.98. The van der Waals surface area contributed by atoms with Crippen LogP contribution in [0.1, 0.15) is 112 Å². The Bertz CT molecular complexity index is 2510. The van der Waals surface area contributed by atoms with Crippen molar-refractivity contribution in [3.05, 3.63) is 71.8 Å². The first kappa shape index (κ1) is 66.3. The van der Waals surface area contributed by atoms with Crippen molar-refractivity contribution < 1.29 is 57.2 Å². The fourth-order valence-electron chi connectivity index (χ4n) is 10.9. The van der Waals surface area contributed by atoms with Crippen LogP contribution in [0.15, 0.2) is 60.7 Å². The van der Waals surface area contributed by atoms with Crippen LogP contribution in [0.5, 0.6) is 0 Å². The third kappa shape index (κ3) is 17.2. The highest BCUT2D eigenvalue weighted by Crippen LogP contribution is 2.27. The molecule has 2 saturated heterocycles. The Morgan fingerprint density at radius 3 is 1.60 bits per heavy atom. The zero-order valence-electron chi connectivity index (χ0n) is 49.7. The minimum absolute atomic E-state index is 0.00824. The molecule has 2 aliphatic heterocycles. The maximum atomic E-state index is 15.3. The van der Waals surface area contributed by atoms with E-state index in [1.807, 2.05) is 32.0 Å². The lowest BCUT2D eigenvalue weighted by atomic mass is 9.94. The number of carbonyl (C=O) groups is 9. The third-order valence-corrected chi connectivity index (χ3v) is 16.2. The number of hydrogen-bond donors (Lipinski definition) is 4. The molecule has 80 heavy (non-hydrogen) atoms. The van der Waals surface area contributed by atoms with Gasteiger partial charge in [-0.1, -0.05) is 116 Å². The number of amides is 8. The van der Waals surface area contributed by atoms with Crippen molar-refractivity contribution in [1.82, 2.24) is 40.4 Å². The van der Waals surface area contributed by atoms with E-state index in [0.717, 1.165) is 4.90 Å². The molecule has 8 amide bonds. The minimum Gasteiger partial charge on any atom is -0.450 e. The van der Waals surface area contributed by atoms with Gasteiger partial charge in [0, 0.05) is 76.3 Å². The van der Waals surface area contributed by atoms with Crippen LogP contribution in [-0.4, -0.2) is 194 Å². The number of hydrogen-bond acceptors (Lipinski definition) is 12. The second kappa shape index (κ2) is 29.5. The molecule has 2 fully saturated rings. The number of ether oxygens (including phenoxy) is 1. The lowest BCUT2D eigenvalue weighted by molar-refractivity contribution is -0.177. The number of carbonyl (C=O) groups excluding carboxylic acids is 9. The molecule has 4 rings (SSSR count). The molecule has 21 heteroatoms. The number of fused-ring (bicyclic) bond motifs is 1. The van der Waals surface area contributed by atoms with Crippen LogP contribution in [-0.2, 0) is 71.5 Å². The number of likely N-dealkylation sites (N-methyl/N-ethyl adjacent to an activating group) is 4. The number of nitrogens with one attached hydrogen (secondary N) is 3. The summed E-state index contributed by atoms with van der Waals surface area (Å²) in [6, 6.07) is 7.48. The molecule has 11 unspecified atom stereocenters. The van der Waals surface area contributed by atoms with Gasteiger partial charge in [-0.15, -0.1) is 0 Å². The van der Waals surface area contributed by atoms with E-state index in [1.54, 1.807) is 84.0 Å². The Hall–Kier alpha value is -6.22. The predicted octanol–water partition coefficient (Wildman–Crippen LogP) is 3.09. The number of benzene rings is 2. The van der Waals surface area contributed by atoms with E-state index in [0.29, 0.717) is 24.0 Å². The predicted molar refractivity (Wildman–Crippen MR) is 305 cm³/mol. The van der Waals surface area contributed by atoms with Crippen LogP contribution in [0.25, 0.3) is 0 Å². The summed E-state index contributed by atoms with van der Waals surface area (Å²) < 4.78 is 18.7. The van der Waals surface area contributed by atoms with Crippen LogP contribution in [0, 0.1) is 23.7 Å². The van der Waals surface area contributed by atoms with Crippen LogP contribution in [0.3, 0.4) is 0 Å². The van der Waals surface area contributed by atoms with Crippen molar-refractivity contribution in [2.45, 2.75) is 174 Å². The van der Waals surface area contributed by atoms with E-state index in [2.05, 4.69) is 16.0 Å². The molecule has 0 radical (unpaired) electrons. The summed E-state index contributed by atoms with van der Waals surface area (Å²) in [4.78, 5) is 140. The molecule has 0 aliphatic carbocycles. The van der Waals surface area contributed by atoms with Crippen molar-refractivity contribution >= 4 is 64.0 Å². The fourth-order valence-corrected chi connectivity index (χ4v) is 11.4. The van der Waals surface area contributed by atoms with Gasteiger partial charge in [-0.25, -0.2) is 4.79 Å². The molecule has 2 aromatic carbocycles. The van der Waals surface area contributed by atoms with Gasteiger partial charge in [-0.2, -0.15) is 0 Å². The average Bonchev–Trinajstić information content (AvgIpc) is 3.89. The molecule has 2 aliphatic rings. The standard InChI is InChI=1S/C59H90N8O12S/c1-16-38(8)48-57(75)65(13)47(37(6)7)52(70)62-43(33-39-24-19-17-20-25-39)54(72)63(11)45(34-40-26-21-18-22-27-40)56(74)67-30-23-28-44(67)50(68)60-41(29-31-80(15)78)53(71)64(12)46(36(4)5)51(69)61-42(32-35(2)3)55(73)66(14)49(58(76)79-48)59(9,10)77/h17-22,24-27,35-38,41-49,77H,16,23,28-34H2,1-15H3,(H,60,68)(H,61,69)(H,62,70). The van der Waals surface area contributed by atoms with Crippen LogP contribution >= 0.6 is 0 Å². The molecule has 11 atom stereocenters. The van der Waals surface area contributed by atoms with Gasteiger partial charge in [0.2, 0.25) is 41.4 Å². The first-order valence-corrected chi connectivity index (χ1v) is 29.7. The number of cyclic esters (lactones) is 1. The fraction of sp³-hybridized carbons (Fsp3) is 0.644. The largest absolute Gasteiger partial charge is 0.450 e. The molecular formula is C59H90N8O12S. The molecule has 0 aromatic heterocycles. The molecule has 0 bridgehead atoms. The van der Waals surface area contributed by atoms with Gasteiger partial charge in [0.05, 0.1) is 5.60 Å². The maximum Gasteiger partial charge on any atom is 0.332 e. The highest BCUT2D eigenvalue weighted by molar-refractivity contribution is 7.84. The molecule has 444 valence electrons. The van der Waals surface area contributed by atoms with Crippen molar-refractivity contribution in [2.24, 2.45) is 23.7 Å². The van der Waals surface area contributed by atoms with Crippen LogP contribution in [0.2, 0.25) is 0 Å². The molecule has 4 N–H and O–H groups in total. The summed E-state index contributed by atoms with van der Waals surface area (Å²) in [6.45, 7) is 16.7. The zero-order chi connectivity index (χ0) is 60.1. The second-order valence-corrected chi connectivity index (χ2v) is 25.0. The number of nitrogens with zero attached hydrogens (tertiary/aromatic N) is 5. The molecule has 2 aromatic rings. The number of aliphatic hydroxyl groups is 1. The van der Waals surface area contributed by atoms with Crippen molar-refractivity contribution in [3.8, 4) is 0 Å². The Kier molecular flexibility index (Phi) is 24.4. The van der Waals surface area contributed by atoms with Gasteiger partial charge in [0.25, 0.3) is 5.91 Å².